The Hall–Kier alpha value is -2.22. The molecule has 1 fully saturated rings. The minimum Gasteiger partial charge on any atom is -0.360 e. The van der Waals surface area contributed by atoms with Gasteiger partial charge in [-0.2, -0.15) is 4.68 Å². The van der Waals surface area contributed by atoms with Crippen molar-refractivity contribution in [3.05, 3.63) is 63.6 Å². The maximum absolute atomic E-state index is 5.56. The van der Waals surface area contributed by atoms with Crippen LogP contribution in [0.3, 0.4) is 0 Å². The Morgan fingerprint density at radius 3 is 2.54 bits per heavy atom. The summed E-state index contributed by atoms with van der Waals surface area (Å²) in [5.41, 5.74) is 4.94. The second kappa shape index (κ2) is 8.43. The summed E-state index contributed by atoms with van der Waals surface area (Å²) in [5, 5.41) is 8.97. The second-order valence-corrected chi connectivity index (χ2v) is 8.95. The van der Waals surface area contributed by atoms with Gasteiger partial charge in [-0.05, 0) is 61.5 Å². The molecule has 3 aromatic rings. The fraction of sp³-hybridized carbons (Fsp3) is 0.333. The maximum Gasteiger partial charge on any atom is 0.209 e. The third kappa shape index (κ3) is 4.43. The fourth-order valence-electron chi connectivity index (χ4n) is 3.49. The number of nitrogens with zero attached hydrogens (tertiary/aromatic N) is 3. The molecule has 1 aliphatic rings. The molecule has 0 atom stereocenters. The maximum atomic E-state index is 5.56. The molecule has 0 aliphatic carbocycles. The number of benzene rings is 2. The topological polar surface area (TPSA) is 37.5 Å². The van der Waals surface area contributed by atoms with Crippen LogP contribution in [0.15, 0.2) is 48.5 Å². The molecule has 0 radical (unpaired) electrons. The molecular formula is C21H26N5S2+. The lowest BCUT2D eigenvalue weighted by molar-refractivity contribution is -0.924. The lowest BCUT2D eigenvalue weighted by atomic mass is 10.1. The van der Waals surface area contributed by atoms with E-state index in [-0.39, 0.29) is 0 Å². The number of para-hydroxylation sites is 1. The summed E-state index contributed by atoms with van der Waals surface area (Å²) in [7, 11) is 0. The molecule has 0 bridgehead atoms. The molecule has 1 aromatic heterocycles. The summed E-state index contributed by atoms with van der Waals surface area (Å²) >= 11 is 7.10. The van der Waals surface area contributed by atoms with Gasteiger partial charge in [0.2, 0.25) is 5.13 Å². The van der Waals surface area contributed by atoms with E-state index in [0.717, 1.165) is 47.6 Å². The molecular weight excluding hydrogens is 386 g/mol. The third-order valence-corrected chi connectivity index (χ3v) is 6.55. The van der Waals surface area contributed by atoms with Crippen molar-refractivity contribution < 1.29 is 4.90 Å². The molecule has 28 heavy (non-hydrogen) atoms. The van der Waals surface area contributed by atoms with Crippen LogP contribution in [0.25, 0.3) is 0 Å². The Balaban J connectivity index is 1.37. The van der Waals surface area contributed by atoms with Crippen LogP contribution in [-0.4, -0.2) is 36.0 Å². The fourth-order valence-corrected chi connectivity index (χ4v) is 4.52. The van der Waals surface area contributed by atoms with E-state index >= 15 is 0 Å². The Kier molecular flexibility index (Phi) is 5.75. The monoisotopic (exact) mass is 412 g/mol. The van der Waals surface area contributed by atoms with Crippen molar-refractivity contribution in [3.8, 4) is 0 Å². The average molecular weight is 413 g/mol. The lowest BCUT2D eigenvalue weighted by Crippen LogP contribution is -3.14. The highest BCUT2D eigenvalue weighted by Gasteiger charge is 2.21. The van der Waals surface area contributed by atoms with E-state index in [0.29, 0.717) is 0 Å². The highest BCUT2D eigenvalue weighted by atomic mass is 32.1. The van der Waals surface area contributed by atoms with Crippen LogP contribution >= 0.6 is 23.6 Å². The van der Waals surface area contributed by atoms with Crippen molar-refractivity contribution >= 4 is 40.1 Å². The van der Waals surface area contributed by atoms with Gasteiger partial charge >= 0.3 is 0 Å². The summed E-state index contributed by atoms with van der Waals surface area (Å²) in [6.45, 7) is 9.38. The molecule has 2 aromatic carbocycles. The van der Waals surface area contributed by atoms with Crippen LogP contribution < -0.4 is 15.1 Å². The zero-order chi connectivity index (χ0) is 19.5. The number of aryl methyl sites for hydroxylation is 2. The normalized spacial score (nSPS) is 15.0. The molecule has 7 heteroatoms. The predicted molar refractivity (Wildman–Crippen MR) is 119 cm³/mol. The van der Waals surface area contributed by atoms with Crippen molar-refractivity contribution in [1.29, 1.82) is 0 Å². The largest absolute Gasteiger partial charge is 0.360 e. The van der Waals surface area contributed by atoms with E-state index in [2.05, 4.69) is 72.6 Å². The van der Waals surface area contributed by atoms with Crippen molar-refractivity contribution in [2.45, 2.75) is 20.5 Å². The number of quaternary nitrogens is 1. The summed E-state index contributed by atoms with van der Waals surface area (Å²) in [5.74, 6) is 0. The van der Waals surface area contributed by atoms with Crippen LogP contribution in [0.2, 0.25) is 0 Å². The quantitative estimate of drug-likeness (QED) is 0.630. The highest BCUT2D eigenvalue weighted by Crippen LogP contribution is 2.22. The number of aromatic nitrogens is 2. The first-order valence-corrected chi connectivity index (χ1v) is 10.9. The van der Waals surface area contributed by atoms with Crippen molar-refractivity contribution in [2.75, 3.05) is 36.4 Å². The van der Waals surface area contributed by atoms with Gasteiger partial charge < -0.3 is 15.1 Å². The Bertz CT molecular complexity index is 988. The molecule has 0 spiro atoms. The van der Waals surface area contributed by atoms with Gasteiger partial charge in [0.25, 0.3) is 0 Å². The summed E-state index contributed by atoms with van der Waals surface area (Å²) in [6, 6.07) is 17.0. The molecule has 1 saturated heterocycles. The molecule has 0 unspecified atom stereocenters. The second-order valence-electron chi connectivity index (χ2n) is 7.33. The van der Waals surface area contributed by atoms with Crippen LogP contribution in [0.5, 0.6) is 0 Å². The van der Waals surface area contributed by atoms with Crippen LogP contribution in [-0.2, 0) is 6.67 Å². The number of anilines is 3. The molecule has 0 amide bonds. The molecule has 0 saturated carbocycles. The highest BCUT2D eigenvalue weighted by molar-refractivity contribution is 7.73. The van der Waals surface area contributed by atoms with E-state index in [1.54, 1.807) is 0 Å². The predicted octanol–water partition coefficient (Wildman–Crippen LogP) is 3.40. The SMILES string of the molecule is Cc1ccc(Nc2nn(C[NH+]3CCN(c4ccccc4)CC3)c(=S)s2)cc1C. The Morgan fingerprint density at radius 2 is 1.82 bits per heavy atom. The van der Waals surface area contributed by atoms with Crippen LogP contribution in [0.4, 0.5) is 16.5 Å². The molecule has 5 nitrogen and oxygen atoms in total. The van der Waals surface area contributed by atoms with Crippen molar-refractivity contribution in [3.63, 3.8) is 0 Å². The smallest absolute Gasteiger partial charge is 0.209 e. The van der Waals surface area contributed by atoms with Crippen LogP contribution in [0, 0.1) is 17.8 Å². The van der Waals surface area contributed by atoms with E-state index in [1.807, 2.05) is 4.68 Å². The zero-order valence-electron chi connectivity index (χ0n) is 16.3. The van der Waals surface area contributed by atoms with Crippen molar-refractivity contribution in [2.24, 2.45) is 0 Å². The third-order valence-electron chi connectivity index (χ3n) is 5.33. The van der Waals surface area contributed by atoms with Gasteiger partial charge in [0.05, 0.1) is 26.2 Å². The molecule has 2 N–H and O–H groups in total. The molecule has 146 valence electrons. The van der Waals surface area contributed by atoms with Gasteiger partial charge in [0.15, 0.2) is 10.6 Å². The van der Waals surface area contributed by atoms with Crippen LogP contribution in [0.1, 0.15) is 11.1 Å². The first-order chi connectivity index (χ1) is 13.6. The van der Waals surface area contributed by atoms with E-state index in [4.69, 9.17) is 17.3 Å². The van der Waals surface area contributed by atoms with Gasteiger partial charge in [-0.25, -0.2) is 0 Å². The zero-order valence-corrected chi connectivity index (χ0v) is 17.9. The van der Waals surface area contributed by atoms with Crippen molar-refractivity contribution in [1.82, 2.24) is 9.78 Å². The minimum atomic E-state index is 0.823. The Morgan fingerprint density at radius 1 is 1.07 bits per heavy atom. The average Bonchev–Trinajstić information content (AvgIpc) is 3.05. The molecule has 2 heterocycles. The lowest BCUT2D eigenvalue weighted by Gasteiger charge is -2.33. The van der Waals surface area contributed by atoms with E-state index < -0.39 is 0 Å². The number of hydrogen-bond donors (Lipinski definition) is 2. The van der Waals surface area contributed by atoms with Gasteiger partial charge in [-0.3, -0.25) is 0 Å². The Labute approximate surface area is 175 Å². The molecule has 1 aliphatic heterocycles. The number of hydrogen-bond acceptors (Lipinski definition) is 5. The summed E-state index contributed by atoms with van der Waals surface area (Å²) in [4.78, 5) is 3.97. The first kappa shape index (κ1) is 19.1. The van der Waals surface area contributed by atoms with Gasteiger partial charge in [-0.1, -0.05) is 35.6 Å². The summed E-state index contributed by atoms with van der Waals surface area (Å²) < 4.78 is 2.79. The number of piperazine rings is 1. The number of nitrogens with one attached hydrogen (secondary N) is 2. The number of rotatable bonds is 5. The molecule has 4 rings (SSSR count). The van der Waals surface area contributed by atoms with Gasteiger partial charge in [0, 0.05) is 11.4 Å². The standard InChI is InChI=1S/C21H25N5S2/c1-16-8-9-18(14-17(16)2)22-20-23-26(21(27)28-20)15-24-10-12-25(13-11-24)19-6-4-3-5-7-19/h3-9,14H,10-13,15H2,1-2H3,(H,22,23)/p+1. The van der Waals surface area contributed by atoms with Gasteiger partial charge in [-0.15, -0.1) is 5.10 Å². The van der Waals surface area contributed by atoms with E-state index in [9.17, 15) is 0 Å². The van der Waals surface area contributed by atoms with E-state index in [1.165, 1.54) is 33.1 Å². The summed E-state index contributed by atoms with van der Waals surface area (Å²) in [6.07, 6.45) is 0. The first-order valence-electron chi connectivity index (χ1n) is 9.64. The van der Waals surface area contributed by atoms with Gasteiger partial charge in [0.1, 0.15) is 0 Å². The minimum absolute atomic E-state index is 0.823.